The van der Waals surface area contributed by atoms with E-state index < -0.39 is 0 Å². The highest BCUT2D eigenvalue weighted by Gasteiger charge is 2.34. The maximum Gasteiger partial charge on any atom is 0.251 e. The predicted octanol–water partition coefficient (Wildman–Crippen LogP) is 4.17. The summed E-state index contributed by atoms with van der Waals surface area (Å²) >= 11 is 11.7. The minimum atomic E-state index is -0.323. The van der Waals surface area contributed by atoms with Crippen LogP contribution in [0.25, 0.3) is 0 Å². The largest absolute Gasteiger partial charge is 0.351 e. The molecule has 0 saturated carbocycles. The summed E-state index contributed by atoms with van der Waals surface area (Å²) in [7, 11) is 0. The van der Waals surface area contributed by atoms with E-state index in [1.54, 1.807) is 0 Å². The van der Waals surface area contributed by atoms with Crippen molar-refractivity contribution < 1.29 is 4.79 Å². The molecule has 0 aliphatic carbocycles. The van der Waals surface area contributed by atoms with E-state index in [4.69, 9.17) is 23.8 Å². The van der Waals surface area contributed by atoms with Gasteiger partial charge in [-0.2, -0.15) is 0 Å². The van der Waals surface area contributed by atoms with Gasteiger partial charge in [0.15, 0.2) is 5.11 Å². The van der Waals surface area contributed by atoms with Crippen molar-refractivity contribution in [1.29, 1.82) is 0 Å². The summed E-state index contributed by atoms with van der Waals surface area (Å²) in [6.45, 7) is 10.7. The van der Waals surface area contributed by atoms with Crippen LogP contribution in [0.5, 0.6) is 0 Å². The van der Waals surface area contributed by atoms with Crippen molar-refractivity contribution in [2.45, 2.75) is 52.6 Å². The number of hydrogen-bond donors (Lipinski definition) is 2. The fraction of sp³-hybridized carbons (Fsp3) is 0.474. The van der Waals surface area contributed by atoms with Crippen molar-refractivity contribution in [1.82, 2.24) is 15.5 Å². The summed E-state index contributed by atoms with van der Waals surface area (Å²) in [5.74, 6) is -0.0916. The Bertz CT molecular complexity index is 709. The topological polar surface area (TPSA) is 44.4 Å². The molecule has 1 heterocycles. The molecule has 0 unspecified atom stereocenters. The third-order valence-corrected chi connectivity index (χ3v) is 4.53. The summed E-state index contributed by atoms with van der Waals surface area (Å²) in [6, 6.07) is 7.21. The van der Waals surface area contributed by atoms with Crippen LogP contribution in [0.1, 0.15) is 52.6 Å². The second kappa shape index (κ2) is 7.75. The first-order valence-electron chi connectivity index (χ1n) is 8.51. The average Bonchev–Trinajstić information content (AvgIpc) is 2.49. The van der Waals surface area contributed by atoms with Crippen molar-refractivity contribution >= 4 is 34.8 Å². The molecule has 6 heteroatoms. The summed E-state index contributed by atoms with van der Waals surface area (Å²) in [5, 5.41) is 7.66. The molecule has 1 aromatic rings. The molecule has 1 aromatic carbocycles. The van der Waals surface area contributed by atoms with Gasteiger partial charge >= 0.3 is 0 Å². The van der Waals surface area contributed by atoms with E-state index in [-0.39, 0.29) is 17.5 Å². The lowest BCUT2D eigenvalue weighted by molar-refractivity contribution is -0.119. The van der Waals surface area contributed by atoms with Crippen LogP contribution < -0.4 is 10.6 Å². The predicted molar refractivity (Wildman–Crippen MR) is 108 cm³/mol. The molecule has 1 amide bonds. The molecule has 2 N–H and O–H groups in total. The summed E-state index contributed by atoms with van der Waals surface area (Å²) in [4.78, 5) is 15.0. The van der Waals surface area contributed by atoms with E-state index in [0.717, 1.165) is 24.2 Å². The minimum Gasteiger partial charge on any atom is -0.351 e. The maximum atomic E-state index is 13.0. The molecule has 136 valence electrons. The molecule has 0 saturated heterocycles. The number of allylic oxidation sites excluding steroid dienone is 1. The van der Waals surface area contributed by atoms with Gasteiger partial charge in [0, 0.05) is 22.8 Å². The number of benzene rings is 1. The van der Waals surface area contributed by atoms with Crippen molar-refractivity contribution in [2.24, 2.45) is 0 Å². The van der Waals surface area contributed by atoms with Crippen molar-refractivity contribution in [3.05, 3.63) is 46.1 Å². The fourth-order valence-corrected chi connectivity index (χ4v) is 3.46. The molecular weight excluding hydrogens is 354 g/mol. The van der Waals surface area contributed by atoms with E-state index in [1.807, 2.05) is 56.9 Å². The molecule has 25 heavy (non-hydrogen) atoms. The molecule has 4 nitrogen and oxygen atoms in total. The SMILES string of the molecule is CCCN1C(=S)N[C@H](c2cccc(Cl)c2)C(C(=O)NC(C)(C)C)=C1C. The zero-order chi connectivity index (χ0) is 18.8. The molecule has 0 fully saturated rings. The summed E-state index contributed by atoms with van der Waals surface area (Å²) in [6.07, 6.45) is 0.940. The highest BCUT2D eigenvalue weighted by Crippen LogP contribution is 2.32. The van der Waals surface area contributed by atoms with E-state index in [2.05, 4.69) is 17.6 Å². The summed E-state index contributed by atoms with van der Waals surface area (Å²) < 4.78 is 0. The Morgan fingerprint density at radius 2 is 2.08 bits per heavy atom. The number of amides is 1. The van der Waals surface area contributed by atoms with Crippen molar-refractivity contribution in [2.75, 3.05) is 6.54 Å². The van der Waals surface area contributed by atoms with E-state index >= 15 is 0 Å². The van der Waals surface area contributed by atoms with Gasteiger partial charge in [-0.15, -0.1) is 0 Å². The minimum absolute atomic E-state index is 0.0916. The second-order valence-corrected chi connectivity index (χ2v) is 8.12. The molecular formula is C19H26ClN3OS. The number of carbonyl (C=O) groups excluding carboxylic acids is 1. The highest BCUT2D eigenvalue weighted by atomic mass is 35.5. The van der Waals surface area contributed by atoms with E-state index in [1.165, 1.54) is 0 Å². The molecule has 2 rings (SSSR count). The zero-order valence-corrected chi connectivity index (χ0v) is 17.0. The lowest BCUT2D eigenvalue weighted by Crippen LogP contribution is -2.51. The van der Waals surface area contributed by atoms with Gasteiger partial charge in [-0.25, -0.2) is 0 Å². The molecule has 1 aliphatic heterocycles. The van der Waals surface area contributed by atoms with Crippen molar-refractivity contribution in [3.63, 3.8) is 0 Å². The smallest absolute Gasteiger partial charge is 0.251 e. The Labute approximate surface area is 160 Å². The first kappa shape index (κ1) is 19.7. The lowest BCUT2D eigenvalue weighted by atomic mass is 9.93. The quantitative estimate of drug-likeness (QED) is 0.770. The average molecular weight is 380 g/mol. The van der Waals surface area contributed by atoms with Gasteiger partial charge in [0.2, 0.25) is 0 Å². The third kappa shape index (κ3) is 4.73. The van der Waals surface area contributed by atoms with Crippen molar-refractivity contribution in [3.8, 4) is 0 Å². The molecule has 1 aliphatic rings. The van der Waals surface area contributed by atoms with Crippen LogP contribution in [-0.4, -0.2) is 28.0 Å². The third-order valence-electron chi connectivity index (χ3n) is 3.96. The Morgan fingerprint density at radius 1 is 1.40 bits per heavy atom. The maximum absolute atomic E-state index is 13.0. The number of thiocarbonyl (C=S) groups is 1. The molecule has 0 bridgehead atoms. The van der Waals surface area contributed by atoms with Crippen LogP contribution in [0.2, 0.25) is 5.02 Å². The van der Waals surface area contributed by atoms with Gasteiger partial charge in [-0.1, -0.05) is 30.7 Å². The molecule has 0 radical (unpaired) electrons. The number of halogens is 1. The Hall–Kier alpha value is -1.59. The highest BCUT2D eigenvalue weighted by molar-refractivity contribution is 7.80. The number of hydrogen-bond acceptors (Lipinski definition) is 2. The van der Waals surface area contributed by atoms with Gasteiger partial charge in [-0.3, -0.25) is 4.79 Å². The first-order valence-corrected chi connectivity index (χ1v) is 9.29. The second-order valence-electron chi connectivity index (χ2n) is 7.29. The van der Waals surface area contributed by atoms with E-state index in [9.17, 15) is 4.79 Å². The van der Waals surface area contributed by atoms with Crippen LogP contribution in [0.15, 0.2) is 35.5 Å². The van der Waals surface area contributed by atoms with Gasteiger partial charge < -0.3 is 15.5 Å². The van der Waals surface area contributed by atoms with Gasteiger partial charge in [0.1, 0.15) is 0 Å². The first-order chi connectivity index (χ1) is 11.6. The Morgan fingerprint density at radius 3 is 2.64 bits per heavy atom. The number of carbonyl (C=O) groups is 1. The van der Waals surface area contributed by atoms with Gasteiger partial charge in [0.05, 0.1) is 11.6 Å². The number of rotatable bonds is 4. The Balaban J connectivity index is 2.53. The monoisotopic (exact) mass is 379 g/mol. The van der Waals surface area contributed by atoms with Crippen LogP contribution in [-0.2, 0) is 4.79 Å². The van der Waals surface area contributed by atoms with Crippen LogP contribution in [0.4, 0.5) is 0 Å². The standard InChI is InChI=1S/C19H26ClN3OS/c1-6-10-23-12(2)15(17(24)22-19(3,4)5)16(21-18(23)25)13-8-7-9-14(20)11-13/h7-9,11,16H,6,10H2,1-5H3,(H,21,25)(H,22,24)/t16-/m1/s1. The molecule has 0 aromatic heterocycles. The molecule has 0 spiro atoms. The fourth-order valence-electron chi connectivity index (χ4n) is 2.91. The normalized spacial score (nSPS) is 18.2. The van der Waals surface area contributed by atoms with Gasteiger partial charge in [-0.05, 0) is 64.0 Å². The molecule has 1 atom stereocenters. The number of nitrogens with zero attached hydrogens (tertiary/aromatic N) is 1. The van der Waals surface area contributed by atoms with E-state index in [0.29, 0.717) is 15.7 Å². The zero-order valence-electron chi connectivity index (χ0n) is 15.4. The van der Waals surface area contributed by atoms with Crippen LogP contribution in [0.3, 0.4) is 0 Å². The van der Waals surface area contributed by atoms with Crippen LogP contribution >= 0.6 is 23.8 Å². The van der Waals surface area contributed by atoms with Crippen LogP contribution in [0, 0.1) is 0 Å². The summed E-state index contributed by atoms with van der Waals surface area (Å²) in [5.41, 5.74) is 2.16. The van der Waals surface area contributed by atoms with Gasteiger partial charge in [0.25, 0.3) is 5.91 Å². The lowest BCUT2D eigenvalue weighted by Gasteiger charge is -2.38. The Kier molecular flexibility index (Phi) is 6.12. The number of nitrogens with one attached hydrogen (secondary N) is 2.